The van der Waals surface area contributed by atoms with Crippen LogP contribution in [0.4, 0.5) is 0 Å². The quantitative estimate of drug-likeness (QED) is 0.796. The number of aromatic nitrogens is 2. The van der Waals surface area contributed by atoms with Gasteiger partial charge < -0.3 is 5.32 Å². The van der Waals surface area contributed by atoms with Crippen LogP contribution in [0.1, 0.15) is 18.5 Å². The number of pyridine rings is 1. The number of rotatable bonds is 5. The number of allylic oxidation sites excluding steroid dienone is 1. The highest BCUT2D eigenvalue weighted by molar-refractivity contribution is 5.75. The number of nitrogens with zero attached hydrogens (tertiary/aromatic N) is 2. The SMILES string of the molecule is C=CCCC(=O)NCc1cc2ccccn2n1. The Morgan fingerprint density at radius 2 is 2.41 bits per heavy atom. The third kappa shape index (κ3) is 2.93. The van der Waals surface area contributed by atoms with Gasteiger partial charge in [-0.2, -0.15) is 5.10 Å². The van der Waals surface area contributed by atoms with Crippen molar-refractivity contribution in [2.24, 2.45) is 0 Å². The van der Waals surface area contributed by atoms with E-state index in [1.54, 1.807) is 10.6 Å². The van der Waals surface area contributed by atoms with Crippen molar-refractivity contribution in [1.82, 2.24) is 14.9 Å². The van der Waals surface area contributed by atoms with Gasteiger partial charge in [-0.05, 0) is 24.6 Å². The Morgan fingerprint density at radius 3 is 3.18 bits per heavy atom. The van der Waals surface area contributed by atoms with Gasteiger partial charge in [0.25, 0.3) is 0 Å². The second-order valence-electron chi connectivity index (χ2n) is 3.81. The van der Waals surface area contributed by atoms with Crippen molar-refractivity contribution in [2.45, 2.75) is 19.4 Å². The lowest BCUT2D eigenvalue weighted by Crippen LogP contribution is -2.22. The summed E-state index contributed by atoms with van der Waals surface area (Å²) in [5.74, 6) is 0.0296. The number of fused-ring (bicyclic) bond motifs is 1. The molecule has 0 spiro atoms. The summed E-state index contributed by atoms with van der Waals surface area (Å²) in [7, 11) is 0. The largest absolute Gasteiger partial charge is 0.350 e. The molecular formula is C13H15N3O. The standard InChI is InChI=1S/C13H15N3O/c1-2-3-7-13(17)14-10-11-9-12-6-4-5-8-16(12)15-11/h2,4-6,8-9H,1,3,7,10H2,(H,14,17). The van der Waals surface area contributed by atoms with Crippen LogP contribution >= 0.6 is 0 Å². The first kappa shape index (κ1) is 11.4. The van der Waals surface area contributed by atoms with Crippen molar-refractivity contribution < 1.29 is 4.79 Å². The number of carbonyl (C=O) groups is 1. The van der Waals surface area contributed by atoms with Gasteiger partial charge in [-0.15, -0.1) is 6.58 Å². The Morgan fingerprint density at radius 1 is 1.53 bits per heavy atom. The van der Waals surface area contributed by atoms with Crippen LogP contribution in [0.15, 0.2) is 43.1 Å². The predicted molar refractivity (Wildman–Crippen MR) is 66.5 cm³/mol. The first-order valence-corrected chi connectivity index (χ1v) is 5.60. The number of hydrogen-bond donors (Lipinski definition) is 1. The molecule has 0 aliphatic rings. The highest BCUT2D eigenvalue weighted by Gasteiger charge is 2.03. The monoisotopic (exact) mass is 229 g/mol. The summed E-state index contributed by atoms with van der Waals surface area (Å²) in [5, 5.41) is 7.18. The number of nitrogens with one attached hydrogen (secondary N) is 1. The molecule has 17 heavy (non-hydrogen) atoms. The van der Waals surface area contributed by atoms with E-state index in [-0.39, 0.29) is 5.91 Å². The van der Waals surface area contributed by atoms with Gasteiger partial charge in [-0.3, -0.25) is 4.79 Å². The summed E-state index contributed by atoms with van der Waals surface area (Å²) in [5.41, 5.74) is 1.89. The zero-order chi connectivity index (χ0) is 12.1. The smallest absolute Gasteiger partial charge is 0.220 e. The third-order valence-corrected chi connectivity index (χ3v) is 2.46. The van der Waals surface area contributed by atoms with E-state index < -0.39 is 0 Å². The van der Waals surface area contributed by atoms with Crippen LogP contribution in [-0.2, 0) is 11.3 Å². The molecule has 1 amide bonds. The van der Waals surface area contributed by atoms with E-state index in [2.05, 4.69) is 17.0 Å². The molecule has 0 fully saturated rings. The average molecular weight is 229 g/mol. The fourth-order valence-electron chi connectivity index (χ4n) is 1.59. The molecule has 2 aromatic heterocycles. The highest BCUT2D eigenvalue weighted by Crippen LogP contribution is 2.05. The molecule has 0 radical (unpaired) electrons. The van der Waals surface area contributed by atoms with E-state index in [9.17, 15) is 4.79 Å². The Labute approximate surface area is 99.9 Å². The molecule has 2 aromatic rings. The molecule has 0 aromatic carbocycles. The van der Waals surface area contributed by atoms with Crippen LogP contribution in [-0.4, -0.2) is 15.5 Å². The third-order valence-electron chi connectivity index (χ3n) is 2.46. The van der Waals surface area contributed by atoms with Crippen molar-refractivity contribution in [1.29, 1.82) is 0 Å². The van der Waals surface area contributed by atoms with E-state index in [0.29, 0.717) is 19.4 Å². The van der Waals surface area contributed by atoms with Crippen LogP contribution in [0.25, 0.3) is 5.52 Å². The van der Waals surface area contributed by atoms with Gasteiger partial charge in [0.1, 0.15) is 0 Å². The van der Waals surface area contributed by atoms with Crippen molar-refractivity contribution in [3.8, 4) is 0 Å². The first-order chi connectivity index (χ1) is 8.29. The molecule has 4 nitrogen and oxygen atoms in total. The normalized spacial score (nSPS) is 10.4. The highest BCUT2D eigenvalue weighted by atomic mass is 16.1. The van der Waals surface area contributed by atoms with E-state index in [1.165, 1.54) is 0 Å². The summed E-state index contributed by atoms with van der Waals surface area (Å²) >= 11 is 0. The predicted octanol–water partition coefficient (Wildman–Crippen LogP) is 1.92. The molecule has 2 heterocycles. The Bertz CT molecular complexity index is 497. The summed E-state index contributed by atoms with van der Waals surface area (Å²) in [4.78, 5) is 11.4. The Hall–Kier alpha value is -2.10. The van der Waals surface area contributed by atoms with Crippen LogP contribution < -0.4 is 5.32 Å². The summed E-state index contributed by atoms with van der Waals surface area (Å²) in [6.07, 6.45) is 4.82. The maximum atomic E-state index is 11.4. The molecule has 0 atom stereocenters. The second-order valence-corrected chi connectivity index (χ2v) is 3.81. The Kier molecular flexibility index (Phi) is 3.55. The van der Waals surface area contributed by atoms with Crippen molar-refractivity contribution in [3.05, 3.63) is 48.8 Å². The van der Waals surface area contributed by atoms with Crippen molar-refractivity contribution >= 4 is 11.4 Å². The molecule has 0 aliphatic heterocycles. The van der Waals surface area contributed by atoms with Crippen molar-refractivity contribution in [2.75, 3.05) is 0 Å². The molecule has 1 N–H and O–H groups in total. The molecular weight excluding hydrogens is 214 g/mol. The molecule has 2 rings (SSSR count). The molecule has 88 valence electrons. The van der Waals surface area contributed by atoms with E-state index in [1.807, 2.05) is 30.5 Å². The topological polar surface area (TPSA) is 46.4 Å². The first-order valence-electron chi connectivity index (χ1n) is 5.60. The lowest BCUT2D eigenvalue weighted by atomic mass is 10.3. The molecule has 0 saturated heterocycles. The van der Waals surface area contributed by atoms with Gasteiger partial charge in [0.2, 0.25) is 5.91 Å². The van der Waals surface area contributed by atoms with Gasteiger partial charge in [-0.1, -0.05) is 12.1 Å². The van der Waals surface area contributed by atoms with Crippen LogP contribution in [0.3, 0.4) is 0 Å². The minimum atomic E-state index is 0.0296. The van der Waals surface area contributed by atoms with Gasteiger partial charge >= 0.3 is 0 Å². The summed E-state index contributed by atoms with van der Waals surface area (Å²) < 4.78 is 1.80. The van der Waals surface area contributed by atoms with Gasteiger partial charge in [-0.25, -0.2) is 4.52 Å². The zero-order valence-electron chi connectivity index (χ0n) is 9.60. The summed E-state index contributed by atoms with van der Waals surface area (Å²) in [6.45, 7) is 4.05. The molecule has 0 saturated carbocycles. The maximum Gasteiger partial charge on any atom is 0.220 e. The van der Waals surface area contributed by atoms with Crippen LogP contribution in [0, 0.1) is 0 Å². The second kappa shape index (κ2) is 5.30. The van der Waals surface area contributed by atoms with Crippen LogP contribution in [0.2, 0.25) is 0 Å². The average Bonchev–Trinajstić information content (AvgIpc) is 2.76. The molecule has 0 unspecified atom stereocenters. The summed E-state index contributed by atoms with van der Waals surface area (Å²) in [6, 6.07) is 7.83. The number of carbonyl (C=O) groups excluding carboxylic acids is 1. The van der Waals surface area contributed by atoms with Crippen molar-refractivity contribution in [3.63, 3.8) is 0 Å². The van der Waals surface area contributed by atoms with E-state index in [4.69, 9.17) is 0 Å². The number of hydrogen-bond acceptors (Lipinski definition) is 2. The lowest BCUT2D eigenvalue weighted by Gasteiger charge is -2.00. The van der Waals surface area contributed by atoms with E-state index in [0.717, 1.165) is 11.2 Å². The molecule has 0 bridgehead atoms. The molecule has 4 heteroatoms. The number of amides is 1. The van der Waals surface area contributed by atoms with Gasteiger partial charge in [0, 0.05) is 12.6 Å². The zero-order valence-corrected chi connectivity index (χ0v) is 9.60. The minimum absolute atomic E-state index is 0.0296. The Balaban J connectivity index is 1.94. The van der Waals surface area contributed by atoms with E-state index >= 15 is 0 Å². The van der Waals surface area contributed by atoms with Crippen LogP contribution in [0.5, 0.6) is 0 Å². The van der Waals surface area contributed by atoms with Gasteiger partial charge in [0.05, 0.1) is 17.8 Å². The minimum Gasteiger partial charge on any atom is -0.350 e. The van der Waals surface area contributed by atoms with Gasteiger partial charge in [0.15, 0.2) is 0 Å². The maximum absolute atomic E-state index is 11.4. The fourth-order valence-corrected chi connectivity index (χ4v) is 1.59. The molecule has 0 aliphatic carbocycles. The lowest BCUT2D eigenvalue weighted by molar-refractivity contribution is -0.121. The fraction of sp³-hybridized carbons (Fsp3) is 0.231.